The molecule has 0 bridgehead atoms. The molecular formula is C22H21N3O3. The number of rotatable bonds is 5. The minimum Gasteiger partial charge on any atom is -0.475 e. The fourth-order valence-electron chi connectivity index (χ4n) is 3.38. The second kappa shape index (κ2) is 8.63. The van der Waals surface area contributed by atoms with Gasteiger partial charge >= 0.3 is 0 Å². The average Bonchev–Trinajstić information content (AvgIpc) is 2.79. The van der Waals surface area contributed by atoms with Gasteiger partial charge in [-0.15, -0.1) is 0 Å². The Balaban J connectivity index is 1.60. The molecule has 3 heterocycles. The third-order valence-corrected chi connectivity index (χ3v) is 4.67. The van der Waals surface area contributed by atoms with Crippen molar-refractivity contribution in [2.75, 3.05) is 19.8 Å². The lowest BCUT2D eigenvalue weighted by Gasteiger charge is -2.41. The zero-order chi connectivity index (χ0) is 19.2. The molecule has 28 heavy (non-hydrogen) atoms. The highest BCUT2D eigenvalue weighted by Gasteiger charge is 2.37. The van der Waals surface area contributed by atoms with Gasteiger partial charge in [0.05, 0.1) is 12.6 Å². The van der Waals surface area contributed by atoms with Crippen LogP contribution < -0.4 is 4.74 Å². The molecule has 142 valence electrons. The Bertz CT molecular complexity index is 891. The van der Waals surface area contributed by atoms with E-state index in [1.165, 1.54) is 0 Å². The fourth-order valence-corrected chi connectivity index (χ4v) is 3.38. The SMILES string of the molecule is O=C(c1ccccn1)N1CCO[C@@H](COc2ccccn2)[C@@H]1c1ccccc1. The summed E-state index contributed by atoms with van der Waals surface area (Å²) in [5, 5.41) is 0. The number of morpholine rings is 1. The van der Waals surface area contributed by atoms with Gasteiger partial charge in [0.1, 0.15) is 18.4 Å². The van der Waals surface area contributed by atoms with Gasteiger partial charge in [0.25, 0.3) is 5.91 Å². The lowest BCUT2D eigenvalue weighted by molar-refractivity contribution is -0.0776. The Morgan fingerprint density at radius 1 is 1.00 bits per heavy atom. The van der Waals surface area contributed by atoms with E-state index < -0.39 is 0 Å². The summed E-state index contributed by atoms with van der Waals surface area (Å²) in [6.45, 7) is 1.23. The van der Waals surface area contributed by atoms with E-state index in [1.54, 1.807) is 30.6 Å². The monoisotopic (exact) mass is 375 g/mol. The third-order valence-electron chi connectivity index (χ3n) is 4.67. The first-order chi connectivity index (χ1) is 13.8. The summed E-state index contributed by atoms with van der Waals surface area (Å²) in [6.07, 6.45) is 3.00. The Kier molecular flexibility index (Phi) is 5.58. The number of benzene rings is 1. The number of hydrogen-bond donors (Lipinski definition) is 0. The van der Waals surface area contributed by atoms with Gasteiger partial charge < -0.3 is 14.4 Å². The number of carbonyl (C=O) groups excluding carboxylic acids is 1. The Hall–Kier alpha value is -3.25. The number of amides is 1. The molecule has 2 atom stereocenters. The van der Waals surface area contributed by atoms with Crippen molar-refractivity contribution in [2.45, 2.75) is 12.1 Å². The predicted molar refractivity (Wildman–Crippen MR) is 104 cm³/mol. The molecule has 2 aromatic heterocycles. The van der Waals surface area contributed by atoms with Gasteiger partial charge in [0, 0.05) is 25.0 Å². The minimum absolute atomic E-state index is 0.111. The van der Waals surface area contributed by atoms with E-state index in [1.807, 2.05) is 53.4 Å². The summed E-state index contributed by atoms with van der Waals surface area (Å²) in [6, 6.07) is 20.5. The largest absolute Gasteiger partial charge is 0.475 e. The number of pyridine rings is 2. The fraction of sp³-hybridized carbons (Fsp3) is 0.227. The van der Waals surface area contributed by atoms with Crippen molar-refractivity contribution in [2.24, 2.45) is 0 Å². The molecule has 0 radical (unpaired) electrons. The zero-order valence-electron chi connectivity index (χ0n) is 15.3. The van der Waals surface area contributed by atoms with E-state index in [9.17, 15) is 4.79 Å². The van der Waals surface area contributed by atoms with Crippen molar-refractivity contribution in [1.82, 2.24) is 14.9 Å². The van der Waals surface area contributed by atoms with E-state index in [-0.39, 0.29) is 18.1 Å². The smallest absolute Gasteiger partial charge is 0.273 e. The second-order valence-electron chi connectivity index (χ2n) is 6.46. The quantitative estimate of drug-likeness (QED) is 0.685. The number of ether oxygens (including phenoxy) is 2. The summed E-state index contributed by atoms with van der Waals surface area (Å²) in [5.74, 6) is 0.423. The summed E-state index contributed by atoms with van der Waals surface area (Å²) >= 11 is 0. The Labute approximate surface area is 163 Å². The van der Waals surface area contributed by atoms with Crippen molar-refractivity contribution in [3.05, 3.63) is 90.4 Å². The lowest BCUT2D eigenvalue weighted by atomic mass is 9.98. The molecule has 0 N–H and O–H groups in total. The van der Waals surface area contributed by atoms with Crippen LogP contribution in [-0.4, -0.2) is 46.6 Å². The first kappa shape index (κ1) is 18.1. The van der Waals surface area contributed by atoms with Gasteiger partial charge in [-0.1, -0.05) is 42.5 Å². The average molecular weight is 375 g/mol. The predicted octanol–water partition coefficient (Wildman–Crippen LogP) is 3.14. The van der Waals surface area contributed by atoms with Gasteiger partial charge in [-0.05, 0) is 23.8 Å². The van der Waals surface area contributed by atoms with Crippen LogP contribution in [0.4, 0.5) is 0 Å². The van der Waals surface area contributed by atoms with E-state index in [4.69, 9.17) is 9.47 Å². The lowest BCUT2D eigenvalue weighted by Crippen LogP contribution is -2.50. The highest BCUT2D eigenvalue weighted by atomic mass is 16.5. The maximum Gasteiger partial charge on any atom is 0.273 e. The van der Waals surface area contributed by atoms with Crippen LogP contribution in [-0.2, 0) is 4.74 Å². The van der Waals surface area contributed by atoms with E-state index >= 15 is 0 Å². The first-order valence-corrected chi connectivity index (χ1v) is 9.25. The maximum absolute atomic E-state index is 13.2. The summed E-state index contributed by atoms with van der Waals surface area (Å²) in [5.41, 5.74) is 1.43. The molecule has 1 fully saturated rings. The molecule has 3 aromatic rings. The second-order valence-corrected chi connectivity index (χ2v) is 6.46. The number of aromatic nitrogens is 2. The molecule has 0 unspecified atom stereocenters. The number of hydrogen-bond acceptors (Lipinski definition) is 5. The standard InChI is InChI=1S/C22H21N3O3/c26-22(18-10-4-6-12-23-18)25-14-15-27-19(16-28-20-11-5-7-13-24-20)21(25)17-8-2-1-3-9-17/h1-13,19,21H,14-16H2/t19-,21-/m0/s1. The molecule has 1 amide bonds. The van der Waals surface area contributed by atoms with Crippen molar-refractivity contribution in [3.63, 3.8) is 0 Å². The topological polar surface area (TPSA) is 64.6 Å². The molecule has 6 nitrogen and oxygen atoms in total. The Morgan fingerprint density at radius 2 is 1.75 bits per heavy atom. The zero-order valence-corrected chi connectivity index (χ0v) is 15.3. The minimum atomic E-state index is -0.314. The van der Waals surface area contributed by atoms with Gasteiger partial charge in [0.15, 0.2) is 0 Å². The van der Waals surface area contributed by atoms with Crippen LogP contribution in [0.15, 0.2) is 79.1 Å². The Morgan fingerprint density at radius 3 is 2.46 bits per heavy atom. The molecule has 1 aliphatic heterocycles. The maximum atomic E-state index is 13.2. The van der Waals surface area contributed by atoms with Gasteiger partial charge in [0.2, 0.25) is 5.88 Å². The van der Waals surface area contributed by atoms with Gasteiger partial charge in [-0.3, -0.25) is 9.78 Å². The third kappa shape index (κ3) is 4.02. The summed E-state index contributed by atoms with van der Waals surface area (Å²) in [7, 11) is 0. The highest BCUT2D eigenvalue weighted by molar-refractivity contribution is 5.92. The van der Waals surface area contributed by atoms with Crippen LogP contribution >= 0.6 is 0 Å². The van der Waals surface area contributed by atoms with E-state index in [0.717, 1.165) is 5.56 Å². The van der Waals surface area contributed by atoms with E-state index in [0.29, 0.717) is 31.3 Å². The van der Waals surface area contributed by atoms with Crippen molar-refractivity contribution < 1.29 is 14.3 Å². The number of nitrogens with zero attached hydrogens (tertiary/aromatic N) is 3. The number of carbonyl (C=O) groups is 1. The first-order valence-electron chi connectivity index (χ1n) is 9.25. The van der Waals surface area contributed by atoms with Crippen molar-refractivity contribution in [1.29, 1.82) is 0 Å². The molecule has 6 heteroatoms. The molecule has 0 spiro atoms. The van der Waals surface area contributed by atoms with Gasteiger partial charge in [-0.25, -0.2) is 4.98 Å². The molecule has 1 saturated heterocycles. The van der Waals surface area contributed by atoms with Crippen LogP contribution in [0.3, 0.4) is 0 Å². The molecule has 1 aliphatic rings. The van der Waals surface area contributed by atoms with E-state index in [2.05, 4.69) is 9.97 Å². The van der Waals surface area contributed by atoms with Crippen LogP contribution in [0.5, 0.6) is 5.88 Å². The van der Waals surface area contributed by atoms with Crippen LogP contribution in [0.1, 0.15) is 22.1 Å². The van der Waals surface area contributed by atoms with Crippen molar-refractivity contribution in [3.8, 4) is 5.88 Å². The molecule has 0 aliphatic carbocycles. The molecule has 4 rings (SSSR count). The molecule has 1 aromatic carbocycles. The summed E-state index contributed by atoms with van der Waals surface area (Å²) in [4.78, 5) is 23.4. The van der Waals surface area contributed by atoms with Gasteiger partial charge in [-0.2, -0.15) is 0 Å². The highest BCUT2D eigenvalue weighted by Crippen LogP contribution is 2.31. The van der Waals surface area contributed by atoms with Crippen LogP contribution in [0.2, 0.25) is 0 Å². The molecular weight excluding hydrogens is 354 g/mol. The van der Waals surface area contributed by atoms with Crippen molar-refractivity contribution >= 4 is 5.91 Å². The summed E-state index contributed by atoms with van der Waals surface area (Å²) < 4.78 is 11.9. The molecule has 0 saturated carbocycles. The van der Waals surface area contributed by atoms with Crippen LogP contribution in [0.25, 0.3) is 0 Å². The van der Waals surface area contributed by atoms with Crippen LogP contribution in [0, 0.1) is 0 Å². The normalized spacial score (nSPS) is 19.2.